The second kappa shape index (κ2) is 10.7. The Hall–Kier alpha value is -2.83. The molecule has 1 N–H and O–H groups in total. The van der Waals surface area contributed by atoms with Crippen molar-refractivity contribution in [1.29, 1.82) is 0 Å². The third-order valence-electron chi connectivity index (χ3n) is 6.41. The Balaban J connectivity index is 1.57. The maximum Gasteiger partial charge on any atom is 0.286 e. The SMILES string of the molecule is Cc1c(C(=O)NN2CCCCC2)nn(-c2ccc(Cl)cc2Cl)c1-c1ccc(-c2cccc(Cl)c2)cc1. The first kappa shape index (κ1) is 24.8. The van der Waals surface area contributed by atoms with Crippen LogP contribution in [0.5, 0.6) is 0 Å². The zero-order valence-corrected chi connectivity index (χ0v) is 22.0. The molecule has 1 aliphatic rings. The van der Waals surface area contributed by atoms with Crippen molar-refractivity contribution in [2.75, 3.05) is 13.1 Å². The van der Waals surface area contributed by atoms with Crippen LogP contribution in [0.3, 0.4) is 0 Å². The van der Waals surface area contributed by atoms with Gasteiger partial charge in [0, 0.05) is 34.3 Å². The number of benzene rings is 3. The molecule has 5 rings (SSSR count). The average molecular weight is 540 g/mol. The van der Waals surface area contributed by atoms with E-state index >= 15 is 0 Å². The molecule has 4 aromatic rings. The van der Waals surface area contributed by atoms with E-state index in [2.05, 4.69) is 5.43 Å². The molecule has 36 heavy (non-hydrogen) atoms. The van der Waals surface area contributed by atoms with Gasteiger partial charge in [-0.25, -0.2) is 9.69 Å². The summed E-state index contributed by atoms with van der Waals surface area (Å²) in [6.45, 7) is 3.59. The lowest BCUT2D eigenvalue weighted by Crippen LogP contribution is -2.45. The van der Waals surface area contributed by atoms with Crippen LogP contribution in [-0.4, -0.2) is 33.8 Å². The summed E-state index contributed by atoms with van der Waals surface area (Å²) >= 11 is 18.9. The van der Waals surface area contributed by atoms with Crippen LogP contribution in [0.2, 0.25) is 15.1 Å². The van der Waals surface area contributed by atoms with Gasteiger partial charge in [-0.1, -0.05) is 77.6 Å². The number of amides is 1. The van der Waals surface area contributed by atoms with Crippen molar-refractivity contribution in [1.82, 2.24) is 20.2 Å². The number of carbonyl (C=O) groups is 1. The normalized spacial score (nSPS) is 14.1. The molecule has 8 heteroatoms. The van der Waals surface area contributed by atoms with E-state index in [1.54, 1.807) is 16.8 Å². The third-order valence-corrected chi connectivity index (χ3v) is 7.18. The lowest BCUT2D eigenvalue weighted by atomic mass is 10.0. The summed E-state index contributed by atoms with van der Waals surface area (Å²) in [5.41, 5.74) is 8.58. The molecule has 0 saturated carbocycles. The van der Waals surface area contributed by atoms with Gasteiger partial charge in [-0.05, 0) is 61.2 Å². The topological polar surface area (TPSA) is 50.2 Å². The molecule has 1 amide bonds. The fraction of sp³-hybridized carbons (Fsp3) is 0.214. The number of nitrogens with zero attached hydrogens (tertiary/aromatic N) is 3. The molecule has 0 radical (unpaired) electrons. The monoisotopic (exact) mass is 538 g/mol. The average Bonchev–Trinajstić information content (AvgIpc) is 3.21. The van der Waals surface area contributed by atoms with Crippen LogP contribution in [0.15, 0.2) is 66.7 Å². The van der Waals surface area contributed by atoms with Crippen molar-refractivity contribution in [2.24, 2.45) is 0 Å². The molecule has 0 aliphatic carbocycles. The molecule has 5 nitrogen and oxygen atoms in total. The van der Waals surface area contributed by atoms with E-state index in [-0.39, 0.29) is 5.91 Å². The summed E-state index contributed by atoms with van der Waals surface area (Å²) in [7, 11) is 0. The van der Waals surface area contributed by atoms with Gasteiger partial charge in [-0.3, -0.25) is 10.2 Å². The lowest BCUT2D eigenvalue weighted by Gasteiger charge is -2.26. The number of hydrogen-bond acceptors (Lipinski definition) is 3. The van der Waals surface area contributed by atoms with Crippen LogP contribution >= 0.6 is 34.8 Å². The van der Waals surface area contributed by atoms with Crippen LogP contribution < -0.4 is 5.43 Å². The molecule has 1 aromatic heterocycles. The number of rotatable bonds is 5. The standard InChI is InChI=1S/C28H25Cl3N4O/c1-18-26(28(36)33-34-14-3-2-4-15-34)32-35(25-13-12-23(30)17-24(25)31)27(18)20-10-8-19(9-11-20)21-6-5-7-22(29)16-21/h5-13,16-17H,2-4,14-15H2,1H3,(H,33,36). The highest BCUT2D eigenvalue weighted by Crippen LogP contribution is 2.34. The number of nitrogens with one attached hydrogen (secondary N) is 1. The van der Waals surface area contributed by atoms with E-state index in [0.717, 1.165) is 53.9 Å². The second-order valence-corrected chi connectivity index (χ2v) is 10.2. The minimum atomic E-state index is -0.227. The predicted molar refractivity (Wildman–Crippen MR) is 147 cm³/mol. The first-order chi connectivity index (χ1) is 17.4. The first-order valence-corrected chi connectivity index (χ1v) is 13.0. The fourth-order valence-electron chi connectivity index (χ4n) is 4.57. The first-order valence-electron chi connectivity index (χ1n) is 11.9. The Morgan fingerprint density at radius 1 is 0.833 bits per heavy atom. The van der Waals surface area contributed by atoms with Crippen LogP contribution in [0.25, 0.3) is 28.1 Å². The summed E-state index contributed by atoms with van der Waals surface area (Å²) in [6.07, 6.45) is 3.32. The van der Waals surface area contributed by atoms with E-state index in [0.29, 0.717) is 26.4 Å². The van der Waals surface area contributed by atoms with Gasteiger partial charge in [-0.15, -0.1) is 0 Å². The van der Waals surface area contributed by atoms with E-state index in [9.17, 15) is 4.79 Å². The molecule has 3 aromatic carbocycles. The van der Waals surface area contributed by atoms with Crippen LogP contribution in [0, 0.1) is 6.92 Å². The fourth-order valence-corrected chi connectivity index (χ4v) is 5.25. The minimum Gasteiger partial charge on any atom is -0.283 e. The van der Waals surface area contributed by atoms with Crippen molar-refractivity contribution in [3.05, 3.63) is 93.1 Å². The molecule has 0 atom stereocenters. The van der Waals surface area contributed by atoms with E-state index in [1.165, 1.54) is 6.42 Å². The number of carbonyl (C=O) groups excluding carboxylic acids is 1. The quantitative estimate of drug-likeness (QED) is 0.284. The van der Waals surface area contributed by atoms with Gasteiger partial charge < -0.3 is 0 Å². The zero-order chi connectivity index (χ0) is 25.2. The number of hydrogen-bond donors (Lipinski definition) is 1. The highest BCUT2D eigenvalue weighted by Gasteiger charge is 2.25. The van der Waals surface area contributed by atoms with Crippen molar-refractivity contribution in [3.63, 3.8) is 0 Å². The molecule has 1 saturated heterocycles. The van der Waals surface area contributed by atoms with Gasteiger partial charge in [0.15, 0.2) is 5.69 Å². The predicted octanol–water partition coefficient (Wildman–Crippen LogP) is 7.61. The maximum atomic E-state index is 13.3. The Labute approximate surface area is 225 Å². The van der Waals surface area contributed by atoms with Crippen molar-refractivity contribution in [3.8, 4) is 28.1 Å². The summed E-state index contributed by atoms with van der Waals surface area (Å²) in [4.78, 5) is 13.3. The van der Waals surface area contributed by atoms with Crippen LogP contribution in [0.4, 0.5) is 0 Å². The molecule has 184 valence electrons. The number of piperidine rings is 1. The van der Waals surface area contributed by atoms with Gasteiger partial charge in [0.25, 0.3) is 5.91 Å². The lowest BCUT2D eigenvalue weighted by molar-refractivity contribution is 0.0743. The van der Waals surface area contributed by atoms with Crippen LogP contribution in [-0.2, 0) is 0 Å². The molecular formula is C28H25Cl3N4O. The Bertz CT molecular complexity index is 1410. The van der Waals surface area contributed by atoms with Crippen molar-refractivity contribution in [2.45, 2.75) is 26.2 Å². The Kier molecular flexibility index (Phi) is 7.35. The van der Waals surface area contributed by atoms with E-state index < -0.39 is 0 Å². The van der Waals surface area contributed by atoms with Gasteiger partial charge >= 0.3 is 0 Å². The molecule has 0 bridgehead atoms. The molecule has 1 aliphatic heterocycles. The smallest absolute Gasteiger partial charge is 0.283 e. The molecule has 0 spiro atoms. The number of halogens is 3. The third kappa shape index (κ3) is 5.16. The second-order valence-electron chi connectivity index (χ2n) is 8.91. The largest absolute Gasteiger partial charge is 0.286 e. The number of hydrazine groups is 1. The molecule has 2 heterocycles. The van der Waals surface area contributed by atoms with Crippen molar-refractivity contribution < 1.29 is 4.79 Å². The van der Waals surface area contributed by atoms with Crippen molar-refractivity contribution >= 4 is 40.7 Å². The number of aromatic nitrogens is 2. The van der Waals surface area contributed by atoms with E-state index in [1.807, 2.05) is 66.5 Å². The molecule has 1 fully saturated rings. The highest BCUT2D eigenvalue weighted by atomic mass is 35.5. The Morgan fingerprint density at radius 3 is 2.22 bits per heavy atom. The van der Waals surface area contributed by atoms with Gasteiger partial charge in [0.1, 0.15) is 0 Å². The summed E-state index contributed by atoms with van der Waals surface area (Å²) in [5.74, 6) is -0.227. The van der Waals surface area contributed by atoms with Gasteiger partial charge in [-0.2, -0.15) is 5.10 Å². The molecule has 0 unspecified atom stereocenters. The minimum absolute atomic E-state index is 0.227. The van der Waals surface area contributed by atoms with Crippen LogP contribution in [0.1, 0.15) is 35.3 Å². The highest BCUT2D eigenvalue weighted by molar-refractivity contribution is 6.35. The van der Waals surface area contributed by atoms with E-state index in [4.69, 9.17) is 39.9 Å². The summed E-state index contributed by atoms with van der Waals surface area (Å²) in [6, 6.07) is 21.1. The van der Waals surface area contributed by atoms with Gasteiger partial charge in [0.05, 0.1) is 16.4 Å². The summed E-state index contributed by atoms with van der Waals surface area (Å²) in [5, 5.41) is 8.38. The maximum absolute atomic E-state index is 13.3. The summed E-state index contributed by atoms with van der Waals surface area (Å²) < 4.78 is 1.73. The van der Waals surface area contributed by atoms with Gasteiger partial charge in [0.2, 0.25) is 0 Å². The molecular weight excluding hydrogens is 515 g/mol. The Morgan fingerprint density at radius 2 is 1.53 bits per heavy atom. The zero-order valence-electron chi connectivity index (χ0n) is 19.8.